The lowest BCUT2D eigenvalue weighted by Gasteiger charge is -2.01. The largest absolute Gasteiger partial charge is 0.361 e. The van der Waals surface area contributed by atoms with Gasteiger partial charge in [-0.1, -0.05) is 5.16 Å². The highest BCUT2D eigenvalue weighted by Crippen LogP contribution is 2.06. The molecule has 0 fully saturated rings. The molecule has 0 aliphatic rings. The number of nitrogens with zero attached hydrogens (tertiary/aromatic N) is 3. The first-order valence-corrected chi connectivity index (χ1v) is 5.27. The van der Waals surface area contributed by atoms with Gasteiger partial charge in [-0.15, -0.1) is 0 Å². The minimum absolute atomic E-state index is 0.714. The van der Waals surface area contributed by atoms with Gasteiger partial charge in [0.1, 0.15) is 5.76 Å². The number of aryl methyl sites for hydroxylation is 2. The Bertz CT molecular complexity index is 472. The monoisotopic (exact) mass is 220 g/mol. The Kier molecular flexibility index (Phi) is 3.05. The Morgan fingerprint density at radius 3 is 2.75 bits per heavy atom. The van der Waals surface area contributed by atoms with Crippen molar-refractivity contribution in [3.05, 3.63) is 35.0 Å². The number of hydrogen-bond acceptors (Lipinski definition) is 4. The molecule has 0 unspecified atom stereocenters. The van der Waals surface area contributed by atoms with Crippen LogP contribution in [0.25, 0.3) is 0 Å². The number of hydrogen-bond donors (Lipinski definition) is 1. The van der Waals surface area contributed by atoms with E-state index in [2.05, 4.69) is 22.5 Å². The fourth-order valence-corrected chi connectivity index (χ4v) is 1.54. The molecule has 16 heavy (non-hydrogen) atoms. The highest BCUT2D eigenvalue weighted by molar-refractivity contribution is 5.15. The van der Waals surface area contributed by atoms with E-state index in [0.29, 0.717) is 6.54 Å². The molecular weight excluding hydrogens is 204 g/mol. The quantitative estimate of drug-likeness (QED) is 0.844. The third-order valence-electron chi connectivity index (χ3n) is 2.64. The summed E-state index contributed by atoms with van der Waals surface area (Å²) < 4.78 is 6.86. The van der Waals surface area contributed by atoms with Gasteiger partial charge in [0.15, 0.2) is 0 Å². The molecule has 2 heterocycles. The third-order valence-corrected chi connectivity index (χ3v) is 2.64. The SMILES string of the molecule is Cc1cc(CNCc2cnn(C)c2C)no1. The van der Waals surface area contributed by atoms with Gasteiger partial charge < -0.3 is 9.84 Å². The van der Waals surface area contributed by atoms with Gasteiger partial charge in [-0.2, -0.15) is 5.10 Å². The van der Waals surface area contributed by atoms with Gasteiger partial charge in [-0.05, 0) is 13.8 Å². The summed E-state index contributed by atoms with van der Waals surface area (Å²) in [6, 6.07) is 1.93. The van der Waals surface area contributed by atoms with Crippen molar-refractivity contribution in [2.45, 2.75) is 26.9 Å². The number of nitrogens with one attached hydrogen (secondary N) is 1. The van der Waals surface area contributed by atoms with Crippen LogP contribution in [0.2, 0.25) is 0 Å². The van der Waals surface area contributed by atoms with Gasteiger partial charge in [0, 0.05) is 37.5 Å². The van der Waals surface area contributed by atoms with E-state index in [9.17, 15) is 0 Å². The van der Waals surface area contributed by atoms with Gasteiger partial charge in [0.2, 0.25) is 0 Å². The predicted octanol–water partition coefficient (Wildman–Crippen LogP) is 1.31. The van der Waals surface area contributed by atoms with E-state index in [-0.39, 0.29) is 0 Å². The number of rotatable bonds is 4. The van der Waals surface area contributed by atoms with Crippen molar-refractivity contribution in [3.8, 4) is 0 Å². The first-order valence-electron chi connectivity index (χ1n) is 5.27. The second-order valence-corrected chi connectivity index (χ2v) is 3.91. The lowest BCUT2D eigenvalue weighted by Crippen LogP contribution is -2.13. The van der Waals surface area contributed by atoms with Crippen molar-refractivity contribution in [1.29, 1.82) is 0 Å². The fourth-order valence-electron chi connectivity index (χ4n) is 1.54. The van der Waals surface area contributed by atoms with Crippen LogP contribution in [0.5, 0.6) is 0 Å². The van der Waals surface area contributed by atoms with Gasteiger partial charge in [-0.3, -0.25) is 4.68 Å². The van der Waals surface area contributed by atoms with Crippen LogP contribution < -0.4 is 5.32 Å². The molecule has 86 valence electrons. The second-order valence-electron chi connectivity index (χ2n) is 3.91. The zero-order valence-electron chi connectivity index (χ0n) is 9.82. The smallest absolute Gasteiger partial charge is 0.133 e. The molecule has 2 aromatic rings. The number of aromatic nitrogens is 3. The summed E-state index contributed by atoms with van der Waals surface area (Å²) in [4.78, 5) is 0. The zero-order chi connectivity index (χ0) is 11.5. The first-order chi connectivity index (χ1) is 7.66. The second kappa shape index (κ2) is 4.49. The molecule has 0 saturated carbocycles. The van der Waals surface area contributed by atoms with E-state index in [4.69, 9.17) is 4.52 Å². The molecule has 0 atom stereocenters. The molecule has 0 aromatic carbocycles. The van der Waals surface area contributed by atoms with Crippen LogP contribution in [-0.4, -0.2) is 14.9 Å². The molecule has 2 aromatic heterocycles. The lowest BCUT2D eigenvalue weighted by molar-refractivity contribution is 0.388. The first kappa shape index (κ1) is 10.9. The van der Waals surface area contributed by atoms with Gasteiger partial charge in [0.05, 0.1) is 11.9 Å². The summed E-state index contributed by atoms with van der Waals surface area (Å²) in [5.41, 5.74) is 3.32. The molecule has 0 saturated heterocycles. The maximum Gasteiger partial charge on any atom is 0.133 e. The van der Waals surface area contributed by atoms with Gasteiger partial charge in [0.25, 0.3) is 0 Å². The average Bonchev–Trinajstić information content (AvgIpc) is 2.79. The molecule has 0 amide bonds. The Morgan fingerprint density at radius 2 is 2.19 bits per heavy atom. The van der Waals surface area contributed by atoms with Crippen LogP contribution in [0.3, 0.4) is 0 Å². The van der Waals surface area contributed by atoms with Crippen LogP contribution >= 0.6 is 0 Å². The molecule has 1 N–H and O–H groups in total. The average molecular weight is 220 g/mol. The predicted molar refractivity (Wildman–Crippen MR) is 59.7 cm³/mol. The minimum Gasteiger partial charge on any atom is -0.361 e. The van der Waals surface area contributed by atoms with Crippen molar-refractivity contribution in [1.82, 2.24) is 20.3 Å². The van der Waals surface area contributed by atoms with Crippen LogP contribution in [0.15, 0.2) is 16.8 Å². The molecular formula is C11H16N4O. The Labute approximate surface area is 94.4 Å². The zero-order valence-corrected chi connectivity index (χ0v) is 9.82. The van der Waals surface area contributed by atoms with Crippen molar-refractivity contribution in [2.75, 3.05) is 0 Å². The van der Waals surface area contributed by atoms with Crippen LogP contribution in [0.4, 0.5) is 0 Å². The van der Waals surface area contributed by atoms with Crippen molar-refractivity contribution in [2.24, 2.45) is 7.05 Å². The summed E-state index contributed by atoms with van der Waals surface area (Å²) in [6.45, 7) is 5.46. The highest BCUT2D eigenvalue weighted by atomic mass is 16.5. The Hall–Kier alpha value is -1.62. The van der Waals surface area contributed by atoms with E-state index in [1.807, 2.05) is 30.9 Å². The molecule has 0 aliphatic heterocycles. The summed E-state index contributed by atoms with van der Waals surface area (Å²) in [5.74, 6) is 0.842. The minimum atomic E-state index is 0.714. The molecule has 0 aliphatic carbocycles. The Balaban J connectivity index is 1.86. The van der Waals surface area contributed by atoms with Crippen LogP contribution in [-0.2, 0) is 20.1 Å². The molecule has 0 radical (unpaired) electrons. The standard InChI is InChI=1S/C11H16N4O/c1-8-4-11(14-16-8)7-12-5-10-6-13-15(3)9(10)2/h4,6,12H,5,7H2,1-3H3. The maximum absolute atomic E-state index is 4.99. The van der Waals surface area contributed by atoms with Crippen molar-refractivity contribution < 1.29 is 4.52 Å². The maximum atomic E-state index is 4.99. The van der Waals surface area contributed by atoms with E-state index in [0.717, 1.165) is 18.0 Å². The molecule has 0 bridgehead atoms. The topological polar surface area (TPSA) is 55.9 Å². The highest BCUT2D eigenvalue weighted by Gasteiger charge is 2.04. The van der Waals surface area contributed by atoms with Crippen molar-refractivity contribution in [3.63, 3.8) is 0 Å². The van der Waals surface area contributed by atoms with Crippen molar-refractivity contribution >= 4 is 0 Å². The fraction of sp³-hybridized carbons (Fsp3) is 0.455. The lowest BCUT2D eigenvalue weighted by atomic mass is 10.2. The normalized spacial score (nSPS) is 10.9. The summed E-state index contributed by atoms with van der Waals surface area (Å²) >= 11 is 0. The van der Waals surface area contributed by atoms with Crippen LogP contribution in [0, 0.1) is 13.8 Å². The summed E-state index contributed by atoms with van der Waals surface area (Å²) in [7, 11) is 1.94. The molecule has 0 spiro atoms. The third kappa shape index (κ3) is 2.30. The molecule has 2 rings (SSSR count). The van der Waals surface area contributed by atoms with E-state index >= 15 is 0 Å². The van der Waals surface area contributed by atoms with E-state index < -0.39 is 0 Å². The van der Waals surface area contributed by atoms with E-state index in [1.54, 1.807) is 0 Å². The molecule has 5 heteroatoms. The van der Waals surface area contributed by atoms with Crippen LogP contribution in [0.1, 0.15) is 22.7 Å². The van der Waals surface area contributed by atoms with Gasteiger partial charge in [-0.25, -0.2) is 0 Å². The molecule has 5 nitrogen and oxygen atoms in total. The Morgan fingerprint density at radius 1 is 1.38 bits per heavy atom. The summed E-state index contributed by atoms with van der Waals surface area (Å²) in [6.07, 6.45) is 1.89. The summed E-state index contributed by atoms with van der Waals surface area (Å²) in [5, 5.41) is 11.4. The van der Waals surface area contributed by atoms with Gasteiger partial charge >= 0.3 is 0 Å². The van der Waals surface area contributed by atoms with E-state index in [1.165, 1.54) is 11.3 Å².